The molecule has 0 spiro atoms. The minimum absolute atomic E-state index is 0.359. The molecule has 0 aromatic heterocycles. The third-order valence-corrected chi connectivity index (χ3v) is 3.76. The lowest BCUT2D eigenvalue weighted by molar-refractivity contribution is 0.0204. The number of hydrogen-bond donors (Lipinski definition) is 0. The molecule has 1 rings (SSSR count). The molecule has 0 unspecified atom stereocenters. The maximum absolute atomic E-state index is 12.2. The number of carbonyl (C=O) groups excluding carboxylic acids is 1. The highest BCUT2D eigenvalue weighted by atomic mass is 35.5. The Morgan fingerprint density at radius 3 is 2.50 bits per heavy atom. The third kappa shape index (κ3) is 6.42. The Hall–Kier alpha value is -0.970. The van der Waals surface area contributed by atoms with Crippen LogP contribution in [0.4, 0.5) is 4.79 Å². The number of carbonyl (C=O) groups is 1. The van der Waals surface area contributed by atoms with Crippen LogP contribution in [0.5, 0.6) is 0 Å². The van der Waals surface area contributed by atoms with Crippen LogP contribution in [0.25, 0.3) is 0 Å². The van der Waals surface area contributed by atoms with E-state index in [0.717, 1.165) is 5.56 Å². The number of hydrogen-bond acceptors (Lipinski definition) is 3. The van der Waals surface area contributed by atoms with Crippen molar-refractivity contribution in [3.63, 3.8) is 0 Å². The summed E-state index contributed by atoms with van der Waals surface area (Å²) in [6, 6.07) is 5.48. The van der Waals surface area contributed by atoms with Crippen molar-refractivity contribution in [2.24, 2.45) is 0 Å². The van der Waals surface area contributed by atoms with Gasteiger partial charge in [-0.1, -0.05) is 35.3 Å². The van der Waals surface area contributed by atoms with Gasteiger partial charge in [0.15, 0.2) is 0 Å². The number of amides is 1. The molecular formula is C16H23Cl2NO3. The predicted octanol–water partition coefficient (Wildman–Crippen LogP) is 4.42. The zero-order valence-electron chi connectivity index (χ0n) is 13.5. The number of rotatable bonds is 6. The van der Waals surface area contributed by atoms with Crippen LogP contribution in [0.3, 0.4) is 0 Å². The maximum atomic E-state index is 12.2. The van der Waals surface area contributed by atoms with E-state index in [4.69, 9.17) is 32.7 Å². The average Bonchev–Trinajstić information content (AvgIpc) is 2.41. The van der Waals surface area contributed by atoms with Crippen molar-refractivity contribution < 1.29 is 14.3 Å². The lowest BCUT2D eigenvalue weighted by Crippen LogP contribution is -2.39. The molecule has 0 heterocycles. The molecule has 1 aromatic rings. The summed E-state index contributed by atoms with van der Waals surface area (Å²) in [6.07, 6.45) is 0.241. The van der Waals surface area contributed by atoms with Crippen molar-refractivity contribution in [2.45, 2.75) is 32.8 Å². The Morgan fingerprint density at radius 1 is 1.23 bits per heavy atom. The largest absolute Gasteiger partial charge is 0.444 e. The molecule has 0 saturated carbocycles. The van der Waals surface area contributed by atoms with Gasteiger partial charge in [-0.3, -0.25) is 0 Å². The minimum Gasteiger partial charge on any atom is -0.444 e. The van der Waals surface area contributed by atoms with Gasteiger partial charge in [0, 0.05) is 20.2 Å². The van der Waals surface area contributed by atoms with Gasteiger partial charge in [-0.2, -0.15) is 0 Å². The van der Waals surface area contributed by atoms with E-state index in [0.29, 0.717) is 36.2 Å². The normalized spacial score (nSPS) is 11.4. The Morgan fingerprint density at radius 2 is 1.91 bits per heavy atom. The quantitative estimate of drug-likeness (QED) is 0.764. The number of benzene rings is 1. The van der Waals surface area contributed by atoms with E-state index in [2.05, 4.69) is 0 Å². The van der Waals surface area contributed by atoms with Crippen molar-refractivity contribution in [3.05, 3.63) is 33.8 Å². The van der Waals surface area contributed by atoms with Gasteiger partial charge in [-0.05, 0) is 38.8 Å². The second-order valence-electron chi connectivity index (χ2n) is 5.92. The SMILES string of the molecule is COCCN(CCc1cccc(Cl)c1Cl)C(=O)OC(C)(C)C. The number of methoxy groups -OCH3 is 1. The number of halogens is 2. The molecule has 4 nitrogen and oxygen atoms in total. The second-order valence-corrected chi connectivity index (χ2v) is 6.71. The van der Waals surface area contributed by atoms with Crippen LogP contribution in [0, 0.1) is 0 Å². The van der Waals surface area contributed by atoms with E-state index in [1.54, 1.807) is 18.1 Å². The van der Waals surface area contributed by atoms with Gasteiger partial charge < -0.3 is 14.4 Å². The molecule has 22 heavy (non-hydrogen) atoms. The van der Waals surface area contributed by atoms with E-state index in [1.807, 2.05) is 32.9 Å². The van der Waals surface area contributed by atoms with Gasteiger partial charge in [0.2, 0.25) is 0 Å². The lowest BCUT2D eigenvalue weighted by atomic mass is 10.1. The molecule has 6 heteroatoms. The number of ether oxygens (including phenoxy) is 2. The predicted molar refractivity (Wildman–Crippen MR) is 89.8 cm³/mol. The van der Waals surface area contributed by atoms with E-state index in [1.165, 1.54) is 0 Å². The van der Waals surface area contributed by atoms with Crippen LogP contribution < -0.4 is 0 Å². The Balaban J connectivity index is 2.72. The number of nitrogens with zero attached hydrogens (tertiary/aromatic N) is 1. The fourth-order valence-electron chi connectivity index (χ4n) is 1.82. The first kappa shape index (κ1) is 19.1. The standard InChI is InChI=1S/C16H23Cl2NO3/c1-16(2,3)22-15(20)19(10-11-21-4)9-8-12-6-5-7-13(17)14(12)18/h5-7H,8-11H2,1-4H3. The van der Waals surface area contributed by atoms with Crippen LogP contribution in [-0.2, 0) is 15.9 Å². The van der Waals surface area contributed by atoms with Crippen molar-refractivity contribution in [1.29, 1.82) is 0 Å². The summed E-state index contributed by atoms with van der Waals surface area (Å²) >= 11 is 12.2. The Bertz CT molecular complexity index is 501. The molecule has 1 amide bonds. The molecule has 0 aliphatic rings. The van der Waals surface area contributed by atoms with Crippen LogP contribution in [0.15, 0.2) is 18.2 Å². The fourth-order valence-corrected chi connectivity index (χ4v) is 2.23. The van der Waals surface area contributed by atoms with E-state index >= 15 is 0 Å². The van der Waals surface area contributed by atoms with Crippen molar-refractivity contribution in [1.82, 2.24) is 4.90 Å². The summed E-state index contributed by atoms with van der Waals surface area (Å²) in [5, 5.41) is 1.04. The summed E-state index contributed by atoms with van der Waals surface area (Å²) < 4.78 is 10.5. The molecule has 0 saturated heterocycles. The van der Waals surface area contributed by atoms with E-state index < -0.39 is 5.60 Å². The lowest BCUT2D eigenvalue weighted by Gasteiger charge is -2.27. The van der Waals surface area contributed by atoms with Gasteiger partial charge in [0.1, 0.15) is 5.60 Å². The highest BCUT2D eigenvalue weighted by molar-refractivity contribution is 6.42. The van der Waals surface area contributed by atoms with E-state index in [9.17, 15) is 4.79 Å². The van der Waals surface area contributed by atoms with Crippen LogP contribution in [0.1, 0.15) is 26.3 Å². The third-order valence-electron chi connectivity index (χ3n) is 2.90. The van der Waals surface area contributed by atoms with Crippen LogP contribution in [-0.4, -0.2) is 43.4 Å². The first-order chi connectivity index (χ1) is 10.2. The molecule has 0 N–H and O–H groups in total. The maximum Gasteiger partial charge on any atom is 0.410 e. The minimum atomic E-state index is -0.532. The van der Waals surface area contributed by atoms with Crippen molar-refractivity contribution in [3.8, 4) is 0 Å². The topological polar surface area (TPSA) is 38.8 Å². The molecule has 0 atom stereocenters. The van der Waals surface area contributed by atoms with Crippen molar-refractivity contribution >= 4 is 29.3 Å². The van der Waals surface area contributed by atoms with Crippen LogP contribution >= 0.6 is 23.2 Å². The molecule has 0 radical (unpaired) electrons. The van der Waals surface area contributed by atoms with Crippen LogP contribution in [0.2, 0.25) is 10.0 Å². The smallest absolute Gasteiger partial charge is 0.410 e. The summed E-state index contributed by atoms with van der Waals surface area (Å²) in [6.45, 7) is 6.91. The van der Waals surface area contributed by atoms with Gasteiger partial charge in [-0.25, -0.2) is 4.79 Å². The Labute approximate surface area is 142 Å². The average molecular weight is 348 g/mol. The van der Waals surface area contributed by atoms with Gasteiger partial charge >= 0.3 is 6.09 Å². The molecule has 0 bridgehead atoms. The molecule has 0 fully saturated rings. The molecular weight excluding hydrogens is 325 g/mol. The van der Waals surface area contributed by atoms with Crippen molar-refractivity contribution in [2.75, 3.05) is 26.8 Å². The first-order valence-corrected chi connectivity index (χ1v) is 7.90. The summed E-state index contributed by atoms with van der Waals surface area (Å²) in [7, 11) is 1.60. The first-order valence-electron chi connectivity index (χ1n) is 7.14. The van der Waals surface area contributed by atoms with Gasteiger partial charge in [0.25, 0.3) is 0 Å². The van der Waals surface area contributed by atoms with Gasteiger partial charge in [-0.15, -0.1) is 0 Å². The fraction of sp³-hybridized carbons (Fsp3) is 0.562. The second kappa shape index (κ2) is 8.61. The zero-order valence-corrected chi connectivity index (χ0v) is 15.0. The zero-order chi connectivity index (χ0) is 16.8. The molecule has 124 valence electrons. The summed E-state index contributed by atoms with van der Waals surface area (Å²) in [5.74, 6) is 0. The molecule has 1 aromatic carbocycles. The summed E-state index contributed by atoms with van der Waals surface area (Å²) in [4.78, 5) is 13.8. The van der Waals surface area contributed by atoms with Gasteiger partial charge in [0.05, 0.1) is 16.7 Å². The van der Waals surface area contributed by atoms with E-state index in [-0.39, 0.29) is 6.09 Å². The monoisotopic (exact) mass is 347 g/mol. The molecule has 0 aliphatic heterocycles. The summed E-state index contributed by atoms with van der Waals surface area (Å²) in [5.41, 5.74) is 0.371. The highest BCUT2D eigenvalue weighted by Gasteiger charge is 2.22. The Kier molecular flexibility index (Phi) is 7.46. The molecule has 0 aliphatic carbocycles. The highest BCUT2D eigenvalue weighted by Crippen LogP contribution is 2.26.